The van der Waals surface area contributed by atoms with Crippen molar-refractivity contribution in [1.29, 1.82) is 0 Å². The number of hydrogen-bond donors (Lipinski definition) is 2. The molecule has 1 amide bonds. The molecular formula is C16H16Cl2N4O2. The van der Waals surface area contributed by atoms with E-state index in [1.165, 1.54) is 12.4 Å². The van der Waals surface area contributed by atoms with Crippen LogP contribution in [0.25, 0.3) is 0 Å². The van der Waals surface area contributed by atoms with Crippen LogP contribution in [0.15, 0.2) is 30.6 Å². The van der Waals surface area contributed by atoms with Crippen LogP contribution in [-0.4, -0.2) is 35.1 Å². The lowest BCUT2D eigenvalue weighted by molar-refractivity contribution is 0.102. The highest BCUT2D eigenvalue weighted by Crippen LogP contribution is 2.25. The quantitative estimate of drug-likeness (QED) is 0.844. The standard InChI is InChI=1S/C16H16Cl2N4O2/c17-13-4-3-11(6-14(13)18)22-15(23)10-7-19-16(20-8-10)21-9-12-2-1-5-24-12/h3-4,6-8,12H,1-2,5,9H2,(H,22,23)(H,19,20,21). The van der Waals surface area contributed by atoms with Crippen LogP contribution in [0.4, 0.5) is 11.6 Å². The molecule has 2 aromatic rings. The van der Waals surface area contributed by atoms with E-state index in [2.05, 4.69) is 20.6 Å². The zero-order chi connectivity index (χ0) is 16.9. The van der Waals surface area contributed by atoms with Gasteiger partial charge in [0.25, 0.3) is 5.91 Å². The van der Waals surface area contributed by atoms with E-state index in [0.29, 0.717) is 33.8 Å². The predicted molar refractivity (Wildman–Crippen MR) is 93.9 cm³/mol. The number of nitrogens with zero attached hydrogens (tertiary/aromatic N) is 2. The van der Waals surface area contributed by atoms with Crippen LogP contribution in [0.5, 0.6) is 0 Å². The predicted octanol–water partition coefficient (Wildman–Crippen LogP) is 3.63. The molecule has 1 aromatic heterocycles. The zero-order valence-corrected chi connectivity index (χ0v) is 14.3. The zero-order valence-electron chi connectivity index (χ0n) is 12.8. The van der Waals surface area contributed by atoms with Crippen LogP contribution in [0, 0.1) is 0 Å². The molecule has 6 nitrogen and oxygen atoms in total. The minimum atomic E-state index is -0.320. The van der Waals surface area contributed by atoms with Gasteiger partial charge in [-0.3, -0.25) is 4.79 Å². The largest absolute Gasteiger partial charge is 0.376 e. The SMILES string of the molecule is O=C(Nc1ccc(Cl)c(Cl)c1)c1cnc(NCC2CCCO2)nc1. The second kappa shape index (κ2) is 7.79. The number of nitrogens with one attached hydrogen (secondary N) is 2. The fraction of sp³-hybridized carbons (Fsp3) is 0.312. The Kier molecular flexibility index (Phi) is 5.50. The number of anilines is 2. The molecule has 0 radical (unpaired) electrons. The lowest BCUT2D eigenvalue weighted by Gasteiger charge is -2.10. The van der Waals surface area contributed by atoms with E-state index in [1.54, 1.807) is 18.2 Å². The van der Waals surface area contributed by atoms with Gasteiger partial charge in [0.15, 0.2) is 0 Å². The molecule has 1 aliphatic heterocycles. The van der Waals surface area contributed by atoms with Crippen molar-refractivity contribution in [1.82, 2.24) is 9.97 Å². The highest BCUT2D eigenvalue weighted by molar-refractivity contribution is 6.42. The summed E-state index contributed by atoms with van der Waals surface area (Å²) in [6.45, 7) is 1.47. The number of rotatable bonds is 5. The first-order chi connectivity index (χ1) is 11.6. The first-order valence-corrected chi connectivity index (χ1v) is 8.31. The van der Waals surface area contributed by atoms with Gasteiger partial charge in [-0.1, -0.05) is 23.2 Å². The maximum absolute atomic E-state index is 12.2. The number of ether oxygens (including phenoxy) is 1. The molecule has 1 aliphatic rings. The highest BCUT2D eigenvalue weighted by Gasteiger charge is 2.15. The third-order valence-electron chi connectivity index (χ3n) is 3.60. The van der Waals surface area contributed by atoms with Gasteiger partial charge in [0.05, 0.1) is 21.7 Å². The summed E-state index contributed by atoms with van der Waals surface area (Å²) >= 11 is 11.8. The molecule has 1 aromatic carbocycles. The summed E-state index contributed by atoms with van der Waals surface area (Å²) in [5.41, 5.74) is 0.902. The first kappa shape index (κ1) is 17.0. The summed E-state index contributed by atoms with van der Waals surface area (Å²) in [5.74, 6) is 0.149. The number of benzene rings is 1. The lowest BCUT2D eigenvalue weighted by Crippen LogP contribution is -2.20. The highest BCUT2D eigenvalue weighted by atomic mass is 35.5. The van der Waals surface area contributed by atoms with Crippen LogP contribution < -0.4 is 10.6 Å². The molecule has 1 saturated heterocycles. The molecule has 1 unspecified atom stereocenters. The van der Waals surface area contributed by atoms with Gasteiger partial charge in [-0.15, -0.1) is 0 Å². The van der Waals surface area contributed by atoms with Gasteiger partial charge in [0, 0.05) is 31.2 Å². The minimum absolute atomic E-state index is 0.200. The van der Waals surface area contributed by atoms with Crippen LogP contribution in [0.2, 0.25) is 10.0 Å². The Morgan fingerprint density at radius 2 is 2.04 bits per heavy atom. The van der Waals surface area contributed by atoms with Crippen molar-refractivity contribution in [3.63, 3.8) is 0 Å². The van der Waals surface area contributed by atoms with Crippen LogP contribution in [0.3, 0.4) is 0 Å². The van der Waals surface area contributed by atoms with Gasteiger partial charge in [0.1, 0.15) is 0 Å². The summed E-state index contributed by atoms with van der Waals surface area (Å²) in [5, 5.41) is 6.63. The molecule has 0 bridgehead atoms. The Morgan fingerprint density at radius 1 is 1.25 bits per heavy atom. The maximum Gasteiger partial charge on any atom is 0.258 e. The molecule has 2 N–H and O–H groups in total. The summed E-state index contributed by atoms with van der Waals surface area (Å²) in [6.07, 6.45) is 5.26. The van der Waals surface area contributed by atoms with Crippen LogP contribution in [0.1, 0.15) is 23.2 Å². The van der Waals surface area contributed by atoms with Crippen LogP contribution >= 0.6 is 23.2 Å². The van der Waals surface area contributed by atoms with Gasteiger partial charge in [-0.25, -0.2) is 9.97 Å². The van der Waals surface area contributed by atoms with E-state index < -0.39 is 0 Å². The molecule has 1 atom stereocenters. The van der Waals surface area contributed by atoms with Gasteiger partial charge in [-0.05, 0) is 31.0 Å². The number of aromatic nitrogens is 2. The topological polar surface area (TPSA) is 76.1 Å². The number of halogens is 2. The van der Waals surface area contributed by atoms with Crippen molar-refractivity contribution < 1.29 is 9.53 Å². The Balaban J connectivity index is 1.57. The van der Waals surface area contributed by atoms with Crippen molar-refractivity contribution in [2.24, 2.45) is 0 Å². The van der Waals surface area contributed by atoms with Crippen molar-refractivity contribution in [3.8, 4) is 0 Å². The molecule has 2 heterocycles. The summed E-state index contributed by atoms with van der Waals surface area (Å²) in [6, 6.07) is 4.87. The summed E-state index contributed by atoms with van der Waals surface area (Å²) in [7, 11) is 0. The monoisotopic (exact) mass is 366 g/mol. The lowest BCUT2D eigenvalue weighted by atomic mass is 10.2. The summed E-state index contributed by atoms with van der Waals surface area (Å²) in [4.78, 5) is 20.5. The minimum Gasteiger partial charge on any atom is -0.376 e. The fourth-order valence-electron chi connectivity index (χ4n) is 2.32. The average molecular weight is 367 g/mol. The fourth-order valence-corrected chi connectivity index (χ4v) is 2.62. The molecule has 0 saturated carbocycles. The third-order valence-corrected chi connectivity index (χ3v) is 4.34. The molecule has 24 heavy (non-hydrogen) atoms. The molecule has 1 fully saturated rings. The second-order valence-electron chi connectivity index (χ2n) is 5.39. The average Bonchev–Trinajstić information content (AvgIpc) is 3.10. The number of carbonyl (C=O) groups is 1. The third kappa shape index (κ3) is 4.35. The Hall–Kier alpha value is -1.89. The van der Waals surface area contributed by atoms with Crippen molar-refractivity contribution in [2.45, 2.75) is 18.9 Å². The van der Waals surface area contributed by atoms with E-state index in [0.717, 1.165) is 19.4 Å². The van der Waals surface area contributed by atoms with Crippen molar-refractivity contribution >= 4 is 40.7 Å². The smallest absolute Gasteiger partial charge is 0.258 e. The second-order valence-corrected chi connectivity index (χ2v) is 6.21. The Labute approximate surface area is 149 Å². The molecule has 0 aliphatic carbocycles. The Bertz CT molecular complexity index is 719. The van der Waals surface area contributed by atoms with Gasteiger partial charge >= 0.3 is 0 Å². The Morgan fingerprint density at radius 3 is 2.71 bits per heavy atom. The van der Waals surface area contributed by atoms with Crippen LogP contribution in [-0.2, 0) is 4.74 Å². The molecule has 126 valence electrons. The normalized spacial score (nSPS) is 16.8. The van der Waals surface area contributed by atoms with E-state index >= 15 is 0 Å². The van der Waals surface area contributed by atoms with Gasteiger partial charge in [0.2, 0.25) is 5.95 Å². The van der Waals surface area contributed by atoms with Gasteiger partial charge < -0.3 is 15.4 Å². The summed E-state index contributed by atoms with van der Waals surface area (Å²) < 4.78 is 5.52. The molecule has 3 rings (SSSR count). The number of hydrogen-bond acceptors (Lipinski definition) is 5. The molecular weight excluding hydrogens is 351 g/mol. The van der Waals surface area contributed by atoms with E-state index in [4.69, 9.17) is 27.9 Å². The van der Waals surface area contributed by atoms with Gasteiger partial charge in [-0.2, -0.15) is 0 Å². The molecule has 0 spiro atoms. The maximum atomic E-state index is 12.2. The number of amides is 1. The van der Waals surface area contributed by atoms with Crippen molar-refractivity contribution in [3.05, 3.63) is 46.2 Å². The van der Waals surface area contributed by atoms with E-state index in [9.17, 15) is 4.79 Å². The molecule has 8 heteroatoms. The number of carbonyl (C=O) groups excluding carboxylic acids is 1. The van der Waals surface area contributed by atoms with E-state index in [1.807, 2.05) is 0 Å². The van der Waals surface area contributed by atoms with Crippen molar-refractivity contribution in [2.75, 3.05) is 23.8 Å². The van der Waals surface area contributed by atoms with E-state index in [-0.39, 0.29) is 12.0 Å². The first-order valence-electron chi connectivity index (χ1n) is 7.56.